The molecule has 0 aromatic carbocycles. The van der Waals surface area contributed by atoms with Crippen molar-refractivity contribution < 1.29 is 10.2 Å². The second-order valence-electron chi connectivity index (χ2n) is 6.58. The fraction of sp³-hybridized carbons (Fsp3) is 0.867. The van der Waals surface area contributed by atoms with Crippen molar-refractivity contribution in [1.82, 2.24) is 0 Å². The van der Waals surface area contributed by atoms with Crippen molar-refractivity contribution in [3.05, 3.63) is 11.6 Å². The molecule has 0 spiro atoms. The van der Waals surface area contributed by atoms with Crippen molar-refractivity contribution in [2.45, 2.75) is 58.5 Å². The average molecular weight is 238 g/mol. The van der Waals surface area contributed by atoms with Crippen molar-refractivity contribution in [3.63, 3.8) is 0 Å². The molecule has 2 heteroatoms. The molecule has 4 atom stereocenters. The highest BCUT2D eigenvalue weighted by molar-refractivity contribution is 5.21. The van der Waals surface area contributed by atoms with Gasteiger partial charge in [-0.2, -0.15) is 0 Å². The zero-order chi connectivity index (χ0) is 12.7. The van der Waals surface area contributed by atoms with Gasteiger partial charge >= 0.3 is 0 Å². The van der Waals surface area contributed by atoms with Gasteiger partial charge in [-0.25, -0.2) is 0 Å². The fourth-order valence-electron chi connectivity index (χ4n) is 3.70. The molecule has 1 saturated carbocycles. The number of hydrogen-bond acceptors (Lipinski definition) is 2. The lowest BCUT2D eigenvalue weighted by atomic mass is 9.56. The number of aliphatic hydroxyl groups is 2. The van der Waals surface area contributed by atoms with Crippen molar-refractivity contribution in [3.8, 4) is 0 Å². The molecule has 2 nitrogen and oxygen atoms in total. The summed E-state index contributed by atoms with van der Waals surface area (Å²) in [7, 11) is 0. The van der Waals surface area contributed by atoms with E-state index in [2.05, 4.69) is 19.9 Å². The summed E-state index contributed by atoms with van der Waals surface area (Å²) >= 11 is 0. The van der Waals surface area contributed by atoms with E-state index in [4.69, 9.17) is 0 Å². The first-order valence-electron chi connectivity index (χ1n) is 6.93. The van der Waals surface area contributed by atoms with Crippen LogP contribution in [0.3, 0.4) is 0 Å². The maximum atomic E-state index is 10.3. The molecule has 0 heterocycles. The largest absolute Gasteiger partial charge is 0.393 e. The van der Waals surface area contributed by atoms with E-state index in [9.17, 15) is 10.2 Å². The summed E-state index contributed by atoms with van der Waals surface area (Å²) in [5, 5.41) is 19.6. The number of fused-ring (bicyclic) bond motifs is 1. The number of allylic oxidation sites excluding steroid dienone is 2. The minimum Gasteiger partial charge on any atom is -0.393 e. The van der Waals surface area contributed by atoms with Crippen LogP contribution in [0.4, 0.5) is 0 Å². The van der Waals surface area contributed by atoms with Gasteiger partial charge < -0.3 is 10.2 Å². The average Bonchev–Trinajstić information content (AvgIpc) is 2.30. The van der Waals surface area contributed by atoms with Crippen molar-refractivity contribution in [2.24, 2.45) is 17.3 Å². The lowest BCUT2D eigenvalue weighted by molar-refractivity contribution is -0.0729. The summed E-state index contributed by atoms with van der Waals surface area (Å²) in [5.41, 5.74) is 0.938. The summed E-state index contributed by atoms with van der Waals surface area (Å²) in [4.78, 5) is 0. The summed E-state index contributed by atoms with van der Waals surface area (Å²) in [6.45, 7) is 6.34. The van der Waals surface area contributed by atoms with Gasteiger partial charge in [0.25, 0.3) is 0 Å². The Morgan fingerprint density at radius 3 is 2.82 bits per heavy atom. The Hall–Kier alpha value is -0.340. The van der Waals surface area contributed by atoms with Gasteiger partial charge in [0.1, 0.15) is 0 Å². The quantitative estimate of drug-likeness (QED) is 0.726. The molecule has 0 aromatic rings. The van der Waals surface area contributed by atoms with E-state index < -0.39 is 5.60 Å². The first-order valence-corrected chi connectivity index (χ1v) is 6.93. The minimum absolute atomic E-state index is 0.124. The second kappa shape index (κ2) is 4.40. The van der Waals surface area contributed by atoms with Gasteiger partial charge in [-0.3, -0.25) is 0 Å². The lowest BCUT2D eigenvalue weighted by Gasteiger charge is -2.50. The van der Waals surface area contributed by atoms with Crippen LogP contribution in [0, 0.1) is 17.3 Å². The first-order chi connectivity index (χ1) is 7.90. The minimum atomic E-state index is -0.911. The second-order valence-corrected chi connectivity index (χ2v) is 6.58. The SMILES string of the molecule is C[C@@H]1CCC=C2CC[C@@H]([C@@](C)(O)CO)C[C@]21C. The molecule has 0 saturated heterocycles. The van der Waals surface area contributed by atoms with Crippen molar-refractivity contribution >= 4 is 0 Å². The van der Waals surface area contributed by atoms with E-state index in [1.54, 1.807) is 12.5 Å². The van der Waals surface area contributed by atoms with E-state index in [0.717, 1.165) is 19.3 Å². The van der Waals surface area contributed by atoms with E-state index in [1.807, 2.05) is 0 Å². The van der Waals surface area contributed by atoms with Crippen molar-refractivity contribution in [1.29, 1.82) is 0 Å². The predicted octanol–water partition coefficient (Wildman–Crippen LogP) is 2.89. The number of hydrogen-bond donors (Lipinski definition) is 2. The molecule has 0 aromatic heterocycles. The zero-order valence-corrected chi connectivity index (χ0v) is 11.4. The van der Waals surface area contributed by atoms with E-state index >= 15 is 0 Å². The van der Waals surface area contributed by atoms with E-state index in [-0.39, 0.29) is 17.9 Å². The van der Waals surface area contributed by atoms with Gasteiger partial charge in [0.2, 0.25) is 0 Å². The Morgan fingerprint density at radius 1 is 1.47 bits per heavy atom. The van der Waals surface area contributed by atoms with Gasteiger partial charge in [-0.1, -0.05) is 25.5 Å². The highest BCUT2D eigenvalue weighted by Gasteiger charge is 2.46. The molecule has 1 fully saturated rings. The highest BCUT2D eigenvalue weighted by Crippen LogP contribution is 2.53. The molecule has 98 valence electrons. The van der Waals surface area contributed by atoms with Crippen LogP contribution in [-0.4, -0.2) is 22.4 Å². The predicted molar refractivity (Wildman–Crippen MR) is 69.6 cm³/mol. The summed E-state index contributed by atoms with van der Waals surface area (Å²) in [6.07, 6.45) is 8.03. The molecular formula is C15H26O2. The standard InChI is InChI=1S/C15H26O2/c1-11-5-4-6-12-7-8-13(9-14(11,12)2)15(3,17)10-16/h6,11,13,16-17H,4-5,7-10H2,1-3H3/t11-,13-,14+,15+/m1/s1. The third-order valence-electron chi connectivity index (χ3n) is 5.44. The Labute approximate surface area is 105 Å². The van der Waals surface area contributed by atoms with E-state index in [0.29, 0.717) is 5.92 Å². The molecular weight excluding hydrogens is 212 g/mol. The number of aliphatic hydroxyl groups excluding tert-OH is 1. The lowest BCUT2D eigenvalue weighted by Crippen LogP contribution is -2.46. The number of rotatable bonds is 2. The Kier molecular flexibility index (Phi) is 3.39. The van der Waals surface area contributed by atoms with Gasteiger partial charge in [-0.05, 0) is 56.3 Å². The zero-order valence-electron chi connectivity index (χ0n) is 11.4. The first kappa shape index (κ1) is 13.1. The van der Waals surface area contributed by atoms with Gasteiger partial charge in [0, 0.05) is 0 Å². The molecule has 0 amide bonds. The molecule has 0 bridgehead atoms. The molecule has 2 N–H and O–H groups in total. The van der Waals surface area contributed by atoms with Crippen molar-refractivity contribution in [2.75, 3.05) is 6.61 Å². The monoisotopic (exact) mass is 238 g/mol. The Bertz CT molecular complexity index is 319. The van der Waals surface area contributed by atoms with E-state index in [1.165, 1.54) is 12.8 Å². The smallest absolute Gasteiger partial charge is 0.0877 e. The summed E-state index contributed by atoms with van der Waals surface area (Å²) < 4.78 is 0. The van der Waals surface area contributed by atoms with Crippen LogP contribution in [-0.2, 0) is 0 Å². The maximum Gasteiger partial charge on any atom is 0.0877 e. The molecule has 0 radical (unpaired) electrons. The maximum absolute atomic E-state index is 10.3. The third kappa shape index (κ3) is 2.17. The van der Waals surface area contributed by atoms with Crippen LogP contribution < -0.4 is 0 Å². The Morgan fingerprint density at radius 2 is 2.18 bits per heavy atom. The van der Waals surface area contributed by atoms with Crippen LogP contribution in [0.1, 0.15) is 52.9 Å². The van der Waals surface area contributed by atoms with Gasteiger partial charge in [0.15, 0.2) is 0 Å². The van der Waals surface area contributed by atoms with Crippen LogP contribution in [0.2, 0.25) is 0 Å². The van der Waals surface area contributed by atoms with Crippen LogP contribution in [0.25, 0.3) is 0 Å². The highest BCUT2D eigenvalue weighted by atomic mass is 16.3. The fourth-order valence-corrected chi connectivity index (χ4v) is 3.70. The normalized spacial score (nSPS) is 41.4. The van der Waals surface area contributed by atoms with Gasteiger partial charge in [0.05, 0.1) is 12.2 Å². The van der Waals surface area contributed by atoms with Gasteiger partial charge in [-0.15, -0.1) is 0 Å². The molecule has 0 unspecified atom stereocenters. The Balaban J connectivity index is 2.21. The topological polar surface area (TPSA) is 40.5 Å². The third-order valence-corrected chi connectivity index (χ3v) is 5.44. The molecule has 0 aliphatic heterocycles. The molecule has 2 aliphatic rings. The molecule has 2 aliphatic carbocycles. The van der Waals surface area contributed by atoms with Crippen LogP contribution in [0.15, 0.2) is 11.6 Å². The molecule has 17 heavy (non-hydrogen) atoms. The summed E-state index contributed by atoms with van der Waals surface area (Å²) in [5.74, 6) is 0.926. The van der Waals surface area contributed by atoms with Crippen LogP contribution in [0.5, 0.6) is 0 Å². The van der Waals surface area contributed by atoms with Crippen LogP contribution >= 0.6 is 0 Å². The molecule has 2 rings (SSSR count). The summed E-state index contributed by atoms with van der Waals surface area (Å²) in [6, 6.07) is 0.